The van der Waals surface area contributed by atoms with Gasteiger partial charge in [0.25, 0.3) is 0 Å². The van der Waals surface area contributed by atoms with E-state index in [0.29, 0.717) is 12.3 Å². The number of rotatable bonds is 4. The zero-order chi connectivity index (χ0) is 21.9. The Labute approximate surface area is 187 Å². The molecule has 3 fully saturated rings. The number of ketones is 1. The number of nitrogens with zero attached hydrogens (tertiary/aromatic N) is 2. The first-order valence-corrected chi connectivity index (χ1v) is 11.3. The van der Waals surface area contributed by atoms with Crippen molar-refractivity contribution in [1.29, 1.82) is 0 Å². The van der Waals surface area contributed by atoms with Gasteiger partial charge in [-0.25, -0.2) is 4.84 Å². The Kier molecular flexibility index (Phi) is 4.89. The summed E-state index contributed by atoms with van der Waals surface area (Å²) in [6.45, 7) is 0.927. The van der Waals surface area contributed by atoms with Crippen LogP contribution >= 0.6 is 0 Å². The maximum absolute atomic E-state index is 13.6. The molecule has 5 aliphatic rings. The maximum atomic E-state index is 13.6. The second kappa shape index (κ2) is 7.67. The first-order chi connectivity index (χ1) is 15.7. The van der Waals surface area contributed by atoms with Gasteiger partial charge in [-0.3, -0.25) is 9.63 Å². The molecule has 4 aliphatic heterocycles. The summed E-state index contributed by atoms with van der Waals surface area (Å²) in [5.74, 6) is 0.766. The van der Waals surface area contributed by atoms with E-state index in [0.717, 1.165) is 48.1 Å². The van der Waals surface area contributed by atoms with Crippen LogP contribution in [0.2, 0.25) is 0 Å². The van der Waals surface area contributed by atoms with Crippen LogP contribution in [0, 0.1) is 5.92 Å². The molecule has 0 radical (unpaired) electrons. The lowest BCUT2D eigenvalue weighted by Crippen LogP contribution is -2.60. The fourth-order valence-corrected chi connectivity index (χ4v) is 6.10. The highest BCUT2D eigenvalue weighted by molar-refractivity contribution is 5.93. The van der Waals surface area contributed by atoms with E-state index < -0.39 is 11.8 Å². The van der Waals surface area contributed by atoms with Gasteiger partial charge in [-0.1, -0.05) is 24.3 Å². The fourth-order valence-electron chi connectivity index (χ4n) is 6.10. The Balaban J connectivity index is 1.50. The van der Waals surface area contributed by atoms with Crippen LogP contribution in [-0.4, -0.2) is 55.2 Å². The predicted molar refractivity (Wildman–Crippen MR) is 113 cm³/mol. The lowest BCUT2D eigenvalue weighted by atomic mass is 9.63. The number of methoxy groups -OCH3 is 1. The largest absolute Gasteiger partial charge is 0.448 e. The van der Waals surface area contributed by atoms with E-state index in [2.05, 4.69) is 6.07 Å². The van der Waals surface area contributed by atoms with Crippen molar-refractivity contribution in [3.63, 3.8) is 0 Å². The Morgan fingerprint density at radius 2 is 2.12 bits per heavy atom. The Hall–Kier alpha value is -2.23. The van der Waals surface area contributed by atoms with Gasteiger partial charge in [0.1, 0.15) is 11.3 Å². The van der Waals surface area contributed by atoms with Gasteiger partial charge < -0.3 is 14.2 Å². The van der Waals surface area contributed by atoms with E-state index in [4.69, 9.17) is 23.9 Å². The first-order valence-electron chi connectivity index (χ1n) is 11.3. The molecule has 1 aliphatic carbocycles. The summed E-state index contributed by atoms with van der Waals surface area (Å²) in [6, 6.07) is 8.10. The third-order valence-electron chi connectivity index (χ3n) is 7.47. The van der Waals surface area contributed by atoms with Crippen LogP contribution in [0.4, 0.5) is 0 Å². The molecule has 4 unspecified atom stereocenters. The summed E-state index contributed by atoms with van der Waals surface area (Å²) in [5, 5.41) is 3.54. The molecule has 4 atom stereocenters. The molecule has 2 saturated heterocycles. The Morgan fingerprint density at radius 3 is 2.91 bits per heavy atom. The fraction of sp³-hybridized carbons (Fsp3) is 0.542. The molecular formula is C24H28N2O6. The van der Waals surface area contributed by atoms with Crippen LogP contribution in [0.25, 0.3) is 5.57 Å². The highest BCUT2D eigenvalue weighted by atomic mass is 16.8. The molecule has 32 heavy (non-hydrogen) atoms. The van der Waals surface area contributed by atoms with Crippen LogP contribution in [-0.2, 0) is 28.7 Å². The van der Waals surface area contributed by atoms with Crippen LogP contribution in [0.3, 0.4) is 0 Å². The summed E-state index contributed by atoms with van der Waals surface area (Å²) in [7, 11) is 3.30. The van der Waals surface area contributed by atoms with Crippen molar-refractivity contribution in [1.82, 2.24) is 10.1 Å². The summed E-state index contributed by atoms with van der Waals surface area (Å²) >= 11 is 0. The number of carbonyl (C=O) groups excluding carboxylic acids is 1. The minimum atomic E-state index is -0.812. The number of hydroxylamine groups is 4. The van der Waals surface area contributed by atoms with Crippen molar-refractivity contribution in [2.45, 2.75) is 50.0 Å². The van der Waals surface area contributed by atoms with Crippen molar-refractivity contribution in [3.8, 4) is 0 Å². The number of hydrogen-bond donors (Lipinski definition) is 0. The van der Waals surface area contributed by atoms with Crippen molar-refractivity contribution < 1.29 is 28.7 Å². The third kappa shape index (κ3) is 2.77. The van der Waals surface area contributed by atoms with E-state index in [1.54, 1.807) is 19.3 Å². The summed E-state index contributed by atoms with van der Waals surface area (Å²) in [5.41, 5.74) is 3.19. The molecule has 170 valence electrons. The van der Waals surface area contributed by atoms with Gasteiger partial charge in [-0.05, 0) is 31.2 Å². The molecule has 4 heterocycles. The molecule has 8 nitrogen and oxygen atoms in total. The molecule has 0 aromatic heterocycles. The topological polar surface area (TPSA) is 69.7 Å². The zero-order valence-corrected chi connectivity index (χ0v) is 18.4. The van der Waals surface area contributed by atoms with Crippen LogP contribution in [0.5, 0.6) is 0 Å². The monoisotopic (exact) mass is 440 g/mol. The van der Waals surface area contributed by atoms with Gasteiger partial charge in [-0.15, -0.1) is 5.06 Å². The van der Waals surface area contributed by atoms with Gasteiger partial charge in [-0.2, -0.15) is 5.06 Å². The zero-order valence-electron chi connectivity index (χ0n) is 18.4. The van der Waals surface area contributed by atoms with Crippen molar-refractivity contribution in [3.05, 3.63) is 53.0 Å². The van der Waals surface area contributed by atoms with E-state index in [9.17, 15) is 4.79 Å². The number of benzene rings is 1. The second-order valence-corrected chi connectivity index (χ2v) is 9.00. The van der Waals surface area contributed by atoms with Gasteiger partial charge >= 0.3 is 0 Å². The number of hydrogen-bond acceptors (Lipinski definition) is 8. The average Bonchev–Trinajstić information content (AvgIpc) is 3.49. The number of Topliss-reactive ketones (excluding diaryl/α,β-unsaturated/α-hetero) is 1. The molecule has 8 heteroatoms. The van der Waals surface area contributed by atoms with Crippen LogP contribution in [0.15, 0.2) is 41.9 Å². The minimum Gasteiger partial charge on any atom is -0.448 e. The summed E-state index contributed by atoms with van der Waals surface area (Å²) in [6.07, 6.45) is 5.31. The Bertz CT molecular complexity index is 1000. The van der Waals surface area contributed by atoms with Crippen molar-refractivity contribution in [2.24, 2.45) is 5.92 Å². The van der Waals surface area contributed by atoms with Gasteiger partial charge in [0.2, 0.25) is 12.7 Å². The predicted octanol–water partition coefficient (Wildman–Crippen LogP) is 3.28. The van der Waals surface area contributed by atoms with Gasteiger partial charge in [0.05, 0.1) is 13.2 Å². The molecule has 1 aromatic carbocycles. The summed E-state index contributed by atoms with van der Waals surface area (Å²) < 4.78 is 17.7. The lowest BCUT2D eigenvalue weighted by molar-refractivity contribution is -0.272. The van der Waals surface area contributed by atoms with Gasteiger partial charge in [0.15, 0.2) is 6.23 Å². The molecule has 1 saturated carbocycles. The average molecular weight is 440 g/mol. The number of carbonyl (C=O) groups is 1. The highest BCUT2D eigenvalue weighted by Gasteiger charge is 2.60. The lowest BCUT2D eigenvalue weighted by Gasteiger charge is -2.55. The molecule has 0 bridgehead atoms. The number of ether oxygens (including phenoxy) is 3. The van der Waals surface area contributed by atoms with Crippen LogP contribution < -0.4 is 0 Å². The van der Waals surface area contributed by atoms with E-state index in [-0.39, 0.29) is 31.0 Å². The summed E-state index contributed by atoms with van der Waals surface area (Å²) in [4.78, 5) is 25.4. The normalized spacial score (nSPS) is 33.9. The van der Waals surface area contributed by atoms with Crippen molar-refractivity contribution >= 4 is 11.4 Å². The first kappa shape index (κ1) is 20.4. The molecular weight excluding hydrogens is 412 g/mol. The third-order valence-corrected chi connectivity index (χ3v) is 7.47. The van der Waals surface area contributed by atoms with E-state index >= 15 is 0 Å². The van der Waals surface area contributed by atoms with E-state index in [1.165, 1.54) is 0 Å². The standard InChI is InChI=1S/C24H28N2O6/c1-28-22-18-8-4-3-7-17(18)20-13-25-23(31-14-32-25)19-11-15(10-16-6-5-9-30-16)21(27)12-24(19,20)26(22)29-2/h3-4,7-8,13,15-16,22H,5-6,9-12,14H2,1-2H3. The maximum Gasteiger partial charge on any atom is 0.221 e. The molecule has 1 aromatic rings. The van der Waals surface area contributed by atoms with E-state index in [1.807, 2.05) is 29.5 Å². The highest BCUT2D eigenvalue weighted by Crippen LogP contribution is 2.58. The SMILES string of the molecule is COC1c2ccccc2C2=CN3OCOC3=C3CC(CC4CCCO4)C(=O)CC23N1OC. The molecule has 0 N–H and O–H groups in total. The Morgan fingerprint density at radius 1 is 1.25 bits per heavy atom. The second-order valence-electron chi connectivity index (χ2n) is 9.00. The number of fused-ring (bicyclic) bond motifs is 3. The van der Waals surface area contributed by atoms with Gasteiger partial charge in [0, 0.05) is 49.0 Å². The van der Waals surface area contributed by atoms with Crippen LogP contribution in [0.1, 0.15) is 49.5 Å². The molecule has 6 rings (SSSR count). The molecule has 0 amide bonds. The minimum absolute atomic E-state index is 0.117. The quantitative estimate of drug-likeness (QED) is 0.707. The smallest absolute Gasteiger partial charge is 0.221 e. The van der Waals surface area contributed by atoms with Crippen molar-refractivity contribution in [2.75, 3.05) is 27.6 Å². The molecule has 1 spiro atoms.